The molecule has 1 heterocycles. The highest BCUT2D eigenvalue weighted by molar-refractivity contribution is 5.85. The third-order valence-corrected chi connectivity index (χ3v) is 3.16. The van der Waals surface area contributed by atoms with Crippen LogP contribution in [0.2, 0.25) is 0 Å². The molecule has 1 saturated carbocycles. The number of carbonyl (C=O) groups is 1. The number of Topliss-reactive ketones (excluding diaryl/α,β-unsaturated/α-hetero) is 1. The van der Waals surface area contributed by atoms with Crippen molar-refractivity contribution in [3.8, 4) is 0 Å². The maximum absolute atomic E-state index is 11.8. The molecule has 0 N–H and O–H groups in total. The van der Waals surface area contributed by atoms with Gasteiger partial charge in [0.05, 0.1) is 5.69 Å². The first-order valence-electron chi connectivity index (χ1n) is 5.67. The van der Waals surface area contributed by atoms with Gasteiger partial charge >= 0.3 is 0 Å². The first-order chi connectivity index (χ1) is 7.11. The fraction of sp³-hybridized carbons (Fsp3) is 0.667. The van der Waals surface area contributed by atoms with Crippen molar-refractivity contribution in [3.63, 3.8) is 0 Å². The molecule has 0 aromatic carbocycles. The van der Waals surface area contributed by atoms with Gasteiger partial charge in [0.25, 0.3) is 0 Å². The van der Waals surface area contributed by atoms with Gasteiger partial charge in [-0.1, -0.05) is 6.92 Å². The van der Waals surface area contributed by atoms with Gasteiger partial charge in [0.1, 0.15) is 5.78 Å². The Morgan fingerprint density at radius 2 is 2.33 bits per heavy atom. The molecule has 3 heteroatoms. The molecule has 0 spiro atoms. The Kier molecular flexibility index (Phi) is 2.63. The average Bonchev–Trinajstić information content (AvgIpc) is 2.80. The highest BCUT2D eigenvalue weighted by atomic mass is 16.1. The van der Waals surface area contributed by atoms with E-state index in [9.17, 15) is 4.79 Å². The van der Waals surface area contributed by atoms with Crippen molar-refractivity contribution < 1.29 is 4.79 Å². The summed E-state index contributed by atoms with van der Waals surface area (Å²) < 4.78 is 1.93. The van der Waals surface area contributed by atoms with Gasteiger partial charge in [0.15, 0.2) is 0 Å². The fourth-order valence-corrected chi connectivity index (χ4v) is 2.10. The summed E-state index contributed by atoms with van der Waals surface area (Å²) >= 11 is 0. The quantitative estimate of drug-likeness (QED) is 0.755. The van der Waals surface area contributed by atoms with Gasteiger partial charge < -0.3 is 0 Å². The Hall–Kier alpha value is -1.12. The lowest BCUT2D eigenvalue weighted by Crippen LogP contribution is -2.11. The van der Waals surface area contributed by atoms with Gasteiger partial charge in [-0.3, -0.25) is 9.48 Å². The van der Waals surface area contributed by atoms with E-state index in [4.69, 9.17) is 0 Å². The third-order valence-electron chi connectivity index (χ3n) is 3.16. The standard InChI is InChI=1S/C12H18N2O/c1-4-14-10(6-9(3)13-14)7-12(15)11-5-8(11)2/h6,8,11H,4-5,7H2,1-3H3. The van der Waals surface area contributed by atoms with E-state index in [0.29, 0.717) is 24.0 Å². The predicted octanol–water partition coefficient (Wildman–Crippen LogP) is 1.98. The molecule has 0 saturated heterocycles. The largest absolute Gasteiger partial charge is 0.299 e. The minimum Gasteiger partial charge on any atom is -0.299 e. The van der Waals surface area contributed by atoms with Crippen LogP contribution < -0.4 is 0 Å². The predicted molar refractivity (Wildman–Crippen MR) is 58.6 cm³/mol. The second-order valence-corrected chi connectivity index (χ2v) is 4.56. The van der Waals surface area contributed by atoms with Crippen LogP contribution >= 0.6 is 0 Å². The molecule has 1 aromatic rings. The van der Waals surface area contributed by atoms with Gasteiger partial charge in [-0.25, -0.2) is 0 Å². The molecule has 82 valence electrons. The summed E-state index contributed by atoms with van der Waals surface area (Å²) in [6.07, 6.45) is 1.64. The monoisotopic (exact) mass is 206 g/mol. The summed E-state index contributed by atoms with van der Waals surface area (Å²) in [4.78, 5) is 11.8. The molecule has 1 aliphatic rings. The minimum absolute atomic E-state index is 0.325. The molecule has 0 amide bonds. The van der Waals surface area contributed by atoms with Crippen LogP contribution in [-0.4, -0.2) is 15.6 Å². The van der Waals surface area contributed by atoms with Crippen molar-refractivity contribution in [1.29, 1.82) is 0 Å². The molecule has 0 bridgehead atoms. The number of rotatable bonds is 4. The first kappa shape index (κ1) is 10.4. The van der Waals surface area contributed by atoms with E-state index in [1.165, 1.54) is 0 Å². The second-order valence-electron chi connectivity index (χ2n) is 4.56. The molecular weight excluding hydrogens is 188 g/mol. The number of aromatic nitrogens is 2. The summed E-state index contributed by atoms with van der Waals surface area (Å²) in [6, 6.07) is 2.02. The highest BCUT2D eigenvalue weighted by Crippen LogP contribution is 2.39. The Morgan fingerprint density at radius 1 is 1.67 bits per heavy atom. The van der Waals surface area contributed by atoms with E-state index in [2.05, 4.69) is 18.9 Å². The Bertz CT molecular complexity index is 381. The Balaban J connectivity index is 2.06. The van der Waals surface area contributed by atoms with E-state index < -0.39 is 0 Å². The van der Waals surface area contributed by atoms with Crippen LogP contribution in [0.1, 0.15) is 31.7 Å². The topological polar surface area (TPSA) is 34.9 Å². The van der Waals surface area contributed by atoms with E-state index in [1.54, 1.807) is 0 Å². The summed E-state index contributed by atoms with van der Waals surface area (Å²) in [6.45, 7) is 7.02. The van der Waals surface area contributed by atoms with Gasteiger partial charge in [0, 0.05) is 24.6 Å². The zero-order valence-electron chi connectivity index (χ0n) is 9.66. The van der Waals surface area contributed by atoms with Crippen LogP contribution in [0.15, 0.2) is 6.07 Å². The number of nitrogens with zero attached hydrogens (tertiary/aromatic N) is 2. The smallest absolute Gasteiger partial charge is 0.142 e. The van der Waals surface area contributed by atoms with Crippen molar-refractivity contribution in [2.75, 3.05) is 0 Å². The molecule has 3 nitrogen and oxygen atoms in total. The summed E-state index contributed by atoms with van der Waals surface area (Å²) in [7, 11) is 0. The van der Waals surface area contributed by atoms with Crippen molar-refractivity contribution in [3.05, 3.63) is 17.5 Å². The minimum atomic E-state index is 0.325. The number of carbonyl (C=O) groups excluding carboxylic acids is 1. The molecule has 2 rings (SSSR count). The first-order valence-corrected chi connectivity index (χ1v) is 5.67. The third kappa shape index (κ3) is 2.11. The molecular formula is C12H18N2O. The van der Waals surface area contributed by atoms with Crippen LogP contribution in [0.25, 0.3) is 0 Å². The molecule has 1 aromatic heterocycles. The molecule has 1 aliphatic carbocycles. The Morgan fingerprint density at radius 3 is 2.87 bits per heavy atom. The fourth-order valence-electron chi connectivity index (χ4n) is 2.10. The van der Waals surface area contributed by atoms with Crippen LogP contribution in [0.3, 0.4) is 0 Å². The van der Waals surface area contributed by atoms with Gasteiger partial charge in [-0.15, -0.1) is 0 Å². The number of hydrogen-bond acceptors (Lipinski definition) is 2. The Labute approximate surface area is 90.5 Å². The number of ketones is 1. The highest BCUT2D eigenvalue weighted by Gasteiger charge is 2.38. The van der Waals surface area contributed by atoms with Gasteiger partial charge in [-0.2, -0.15) is 5.10 Å². The van der Waals surface area contributed by atoms with Crippen molar-refractivity contribution >= 4 is 5.78 Å². The van der Waals surface area contributed by atoms with Crippen molar-refractivity contribution in [1.82, 2.24) is 9.78 Å². The van der Waals surface area contributed by atoms with E-state index in [-0.39, 0.29) is 0 Å². The van der Waals surface area contributed by atoms with Crippen LogP contribution in [0.5, 0.6) is 0 Å². The summed E-state index contributed by atoms with van der Waals surface area (Å²) in [5, 5.41) is 4.35. The normalized spacial score (nSPS) is 24.2. The molecule has 1 fully saturated rings. The lowest BCUT2D eigenvalue weighted by Gasteiger charge is -2.03. The molecule has 2 atom stereocenters. The average molecular weight is 206 g/mol. The lowest BCUT2D eigenvalue weighted by atomic mass is 10.1. The lowest BCUT2D eigenvalue weighted by molar-refractivity contribution is -0.119. The zero-order valence-corrected chi connectivity index (χ0v) is 9.66. The van der Waals surface area contributed by atoms with E-state index in [1.807, 2.05) is 17.7 Å². The molecule has 2 unspecified atom stereocenters. The van der Waals surface area contributed by atoms with Crippen LogP contribution in [0.4, 0.5) is 0 Å². The maximum atomic E-state index is 11.8. The van der Waals surface area contributed by atoms with Crippen molar-refractivity contribution in [2.24, 2.45) is 11.8 Å². The summed E-state index contributed by atoms with van der Waals surface area (Å²) in [5.41, 5.74) is 2.07. The van der Waals surface area contributed by atoms with Crippen LogP contribution in [0, 0.1) is 18.8 Å². The zero-order chi connectivity index (χ0) is 11.0. The second kappa shape index (κ2) is 3.80. The van der Waals surface area contributed by atoms with Crippen LogP contribution in [-0.2, 0) is 17.8 Å². The van der Waals surface area contributed by atoms with E-state index in [0.717, 1.165) is 24.4 Å². The number of aryl methyl sites for hydroxylation is 2. The molecule has 0 aliphatic heterocycles. The molecule has 15 heavy (non-hydrogen) atoms. The van der Waals surface area contributed by atoms with Gasteiger partial charge in [0.2, 0.25) is 0 Å². The van der Waals surface area contributed by atoms with Crippen molar-refractivity contribution in [2.45, 2.75) is 40.2 Å². The summed E-state index contributed by atoms with van der Waals surface area (Å²) in [5.74, 6) is 1.32. The number of hydrogen-bond donors (Lipinski definition) is 0. The maximum Gasteiger partial charge on any atom is 0.142 e. The van der Waals surface area contributed by atoms with E-state index >= 15 is 0 Å². The SMILES string of the molecule is CCn1nc(C)cc1CC(=O)C1CC1C. The molecule has 0 radical (unpaired) electrons. The van der Waals surface area contributed by atoms with Gasteiger partial charge in [-0.05, 0) is 32.3 Å².